The topological polar surface area (TPSA) is 70.6 Å². The van der Waals surface area contributed by atoms with Gasteiger partial charge in [-0.15, -0.1) is 0 Å². The molecule has 2 aromatic rings. The number of nitrogens with one attached hydrogen (secondary N) is 1. The summed E-state index contributed by atoms with van der Waals surface area (Å²) in [4.78, 5) is 0. The van der Waals surface area contributed by atoms with Gasteiger partial charge in [0.15, 0.2) is 5.84 Å². The SMILES string of the molecule is NC(=NO)c1ccc(CNC2CCc3ccccc32)cc1. The van der Waals surface area contributed by atoms with Crippen LogP contribution in [-0.4, -0.2) is 11.0 Å². The third kappa shape index (κ3) is 2.90. The van der Waals surface area contributed by atoms with E-state index in [1.54, 1.807) is 0 Å². The van der Waals surface area contributed by atoms with Crippen molar-refractivity contribution < 1.29 is 5.21 Å². The van der Waals surface area contributed by atoms with Gasteiger partial charge in [0.2, 0.25) is 0 Å². The van der Waals surface area contributed by atoms with Gasteiger partial charge in [0, 0.05) is 18.2 Å². The number of nitrogens with two attached hydrogens (primary N) is 1. The molecule has 0 spiro atoms. The van der Waals surface area contributed by atoms with Gasteiger partial charge in [-0.2, -0.15) is 0 Å². The first-order chi connectivity index (χ1) is 10.3. The average molecular weight is 281 g/mol. The van der Waals surface area contributed by atoms with Crippen LogP contribution in [0.5, 0.6) is 0 Å². The smallest absolute Gasteiger partial charge is 0.170 e. The Labute approximate surface area is 124 Å². The van der Waals surface area contributed by atoms with E-state index < -0.39 is 0 Å². The number of hydrogen-bond acceptors (Lipinski definition) is 3. The van der Waals surface area contributed by atoms with E-state index in [0.717, 1.165) is 24.9 Å². The van der Waals surface area contributed by atoms with Gasteiger partial charge in [0.05, 0.1) is 0 Å². The monoisotopic (exact) mass is 281 g/mol. The highest BCUT2D eigenvalue weighted by Crippen LogP contribution is 2.30. The standard InChI is InChI=1S/C17H19N3O/c18-17(20-21)14-7-5-12(6-8-14)11-19-16-10-9-13-3-1-2-4-15(13)16/h1-8,16,19,21H,9-11H2,(H2,18,20). The summed E-state index contributed by atoms with van der Waals surface area (Å²) in [5.74, 6) is 0.138. The number of oxime groups is 1. The summed E-state index contributed by atoms with van der Waals surface area (Å²) in [6, 6.07) is 16.8. The molecule has 0 amide bonds. The lowest BCUT2D eigenvalue weighted by Crippen LogP contribution is -2.19. The molecular weight excluding hydrogens is 262 g/mol. The molecule has 0 saturated heterocycles. The third-order valence-electron chi connectivity index (χ3n) is 4.04. The lowest BCUT2D eigenvalue weighted by atomic mass is 10.1. The lowest BCUT2D eigenvalue weighted by molar-refractivity contribution is 0.318. The van der Waals surface area contributed by atoms with E-state index in [1.165, 1.54) is 16.7 Å². The average Bonchev–Trinajstić information content (AvgIpc) is 2.96. The highest BCUT2D eigenvalue weighted by molar-refractivity contribution is 5.96. The minimum atomic E-state index is 0.138. The van der Waals surface area contributed by atoms with Gasteiger partial charge in [0.25, 0.3) is 0 Å². The minimum Gasteiger partial charge on any atom is -0.409 e. The van der Waals surface area contributed by atoms with Gasteiger partial charge in [-0.3, -0.25) is 0 Å². The number of rotatable bonds is 4. The summed E-state index contributed by atoms with van der Waals surface area (Å²) in [6.45, 7) is 0.815. The van der Waals surface area contributed by atoms with Crippen LogP contribution in [-0.2, 0) is 13.0 Å². The molecule has 0 aliphatic heterocycles. The molecule has 21 heavy (non-hydrogen) atoms. The van der Waals surface area contributed by atoms with Crippen molar-refractivity contribution in [2.45, 2.75) is 25.4 Å². The molecule has 1 aliphatic rings. The van der Waals surface area contributed by atoms with Gasteiger partial charge < -0.3 is 16.3 Å². The van der Waals surface area contributed by atoms with Gasteiger partial charge >= 0.3 is 0 Å². The number of hydrogen-bond donors (Lipinski definition) is 3. The summed E-state index contributed by atoms with van der Waals surface area (Å²) < 4.78 is 0. The molecule has 1 unspecified atom stereocenters. The maximum absolute atomic E-state index is 8.65. The van der Waals surface area contributed by atoms with E-state index in [0.29, 0.717) is 6.04 Å². The van der Waals surface area contributed by atoms with Crippen molar-refractivity contribution in [2.24, 2.45) is 10.9 Å². The van der Waals surface area contributed by atoms with Crippen molar-refractivity contribution >= 4 is 5.84 Å². The molecule has 1 atom stereocenters. The van der Waals surface area contributed by atoms with E-state index in [2.05, 4.69) is 34.7 Å². The van der Waals surface area contributed by atoms with E-state index in [4.69, 9.17) is 10.9 Å². The lowest BCUT2D eigenvalue weighted by Gasteiger charge is -2.14. The Kier molecular flexibility index (Phi) is 3.88. The van der Waals surface area contributed by atoms with Crippen LogP contribution in [0.4, 0.5) is 0 Å². The Morgan fingerprint density at radius 1 is 1.19 bits per heavy atom. The maximum Gasteiger partial charge on any atom is 0.170 e. The molecule has 2 aromatic carbocycles. The van der Waals surface area contributed by atoms with Gasteiger partial charge in [-0.1, -0.05) is 53.7 Å². The minimum absolute atomic E-state index is 0.138. The second-order valence-corrected chi connectivity index (χ2v) is 5.35. The number of fused-ring (bicyclic) bond motifs is 1. The van der Waals surface area contributed by atoms with Gasteiger partial charge in [0.1, 0.15) is 0 Å². The predicted octanol–water partition coefficient (Wildman–Crippen LogP) is 2.56. The zero-order chi connectivity index (χ0) is 14.7. The first-order valence-electron chi connectivity index (χ1n) is 7.16. The summed E-state index contributed by atoms with van der Waals surface area (Å²) in [6.07, 6.45) is 2.30. The summed E-state index contributed by atoms with van der Waals surface area (Å²) in [7, 11) is 0. The van der Waals surface area contributed by atoms with Crippen molar-refractivity contribution in [2.75, 3.05) is 0 Å². The quantitative estimate of drug-likeness (QED) is 0.349. The molecule has 0 fully saturated rings. The highest BCUT2D eigenvalue weighted by atomic mass is 16.4. The molecule has 4 heteroatoms. The van der Waals surface area contributed by atoms with Crippen LogP contribution >= 0.6 is 0 Å². The molecule has 0 bridgehead atoms. The first kappa shape index (κ1) is 13.6. The van der Waals surface area contributed by atoms with E-state index in [1.807, 2.05) is 24.3 Å². The maximum atomic E-state index is 8.65. The predicted molar refractivity (Wildman–Crippen MR) is 83.3 cm³/mol. The Hall–Kier alpha value is -2.33. The zero-order valence-corrected chi connectivity index (χ0v) is 11.8. The molecule has 0 radical (unpaired) electrons. The molecule has 0 heterocycles. The van der Waals surface area contributed by atoms with Crippen LogP contribution in [0.15, 0.2) is 53.7 Å². The molecular formula is C17H19N3O. The fourth-order valence-electron chi connectivity index (χ4n) is 2.86. The Bertz CT molecular complexity index is 649. The van der Waals surface area contributed by atoms with Crippen LogP contribution in [0.25, 0.3) is 0 Å². The van der Waals surface area contributed by atoms with Crippen LogP contribution in [0.2, 0.25) is 0 Å². The fourth-order valence-corrected chi connectivity index (χ4v) is 2.86. The number of benzene rings is 2. The Morgan fingerprint density at radius 3 is 2.71 bits per heavy atom. The summed E-state index contributed by atoms with van der Waals surface area (Å²) in [5.41, 5.74) is 10.4. The van der Waals surface area contributed by atoms with Crippen LogP contribution in [0.1, 0.15) is 34.7 Å². The zero-order valence-electron chi connectivity index (χ0n) is 11.8. The highest BCUT2D eigenvalue weighted by Gasteiger charge is 2.20. The molecule has 108 valence electrons. The van der Waals surface area contributed by atoms with Crippen LogP contribution in [0, 0.1) is 0 Å². The van der Waals surface area contributed by atoms with Crippen molar-refractivity contribution in [3.63, 3.8) is 0 Å². The Balaban J connectivity index is 1.64. The molecule has 4 N–H and O–H groups in total. The van der Waals surface area contributed by atoms with E-state index in [-0.39, 0.29) is 5.84 Å². The first-order valence-corrected chi connectivity index (χ1v) is 7.16. The number of amidine groups is 1. The molecule has 0 aromatic heterocycles. The van der Waals surface area contributed by atoms with E-state index >= 15 is 0 Å². The van der Waals surface area contributed by atoms with Crippen LogP contribution < -0.4 is 11.1 Å². The van der Waals surface area contributed by atoms with Crippen LogP contribution in [0.3, 0.4) is 0 Å². The summed E-state index contributed by atoms with van der Waals surface area (Å²) in [5, 5.41) is 15.3. The van der Waals surface area contributed by atoms with Crippen molar-refractivity contribution in [3.05, 3.63) is 70.8 Å². The Morgan fingerprint density at radius 2 is 1.95 bits per heavy atom. The van der Waals surface area contributed by atoms with E-state index in [9.17, 15) is 0 Å². The fraction of sp³-hybridized carbons (Fsp3) is 0.235. The van der Waals surface area contributed by atoms with Crippen molar-refractivity contribution in [1.29, 1.82) is 0 Å². The largest absolute Gasteiger partial charge is 0.409 e. The second kappa shape index (κ2) is 5.97. The molecule has 4 nitrogen and oxygen atoms in total. The van der Waals surface area contributed by atoms with Crippen molar-refractivity contribution in [1.82, 2.24) is 5.32 Å². The number of nitrogens with zero attached hydrogens (tertiary/aromatic N) is 1. The van der Waals surface area contributed by atoms with Gasteiger partial charge in [-0.25, -0.2) is 0 Å². The molecule has 1 aliphatic carbocycles. The second-order valence-electron chi connectivity index (χ2n) is 5.35. The summed E-state index contributed by atoms with van der Waals surface area (Å²) >= 11 is 0. The normalized spacial score (nSPS) is 17.7. The third-order valence-corrected chi connectivity index (χ3v) is 4.04. The van der Waals surface area contributed by atoms with Crippen molar-refractivity contribution in [3.8, 4) is 0 Å². The molecule has 0 saturated carbocycles. The van der Waals surface area contributed by atoms with Gasteiger partial charge in [-0.05, 0) is 29.5 Å². The molecule has 3 rings (SSSR count). The number of aryl methyl sites for hydroxylation is 1.